The van der Waals surface area contributed by atoms with E-state index in [1.54, 1.807) is 35.2 Å². The summed E-state index contributed by atoms with van der Waals surface area (Å²) >= 11 is 5.91. The van der Waals surface area contributed by atoms with Crippen molar-refractivity contribution in [3.8, 4) is 0 Å². The fourth-order valence-electron chi connectivity index (χ4n) is 3.60. The van der Waals surface area contributed by atoms with Gasteiger partial charge in [0.05, 0.1) is 5.92 Å². The topological polar surface area (TPSA) is 49.4 Å². The summed E-state index contributed by atoms with van der Waals surface area (Å²) in [5.41, 5.74) is 1.26. The molecule has 1 saturated heterocycles. The lowest BCUT2D eigenvalue weighted by Crippen LogP contribution is -2.36. The fraction of sp³-hybridized carbons (Fsp3) is 0.364. The normalized spacial score (nSPS) is 18.9. The van der Waals surface area contributed by atoms with E-state index in [1.807, 2.05) is 6.07 Å². The van der Waals surface area contributed by atoms with Crippen LogP contribution in [0.5, 0.6) is 0 Å². The van der Waals surface area contributed by atoms with E-state index >= 15 is 0 Å². The first-order valence-corrected chi connectivity index (χ1v) is 9.95. The van der Waals surface area contributed by atoms with Crippen LogP contribution in [0.15, 0.2) is 48.5 Å². The number of benzene rings is 2. The number of halogens is 2. The zero-order valence-corrected chi connectivity index (χ0v) is 16.6. The van der Waals surface area contributed by atoms with Crippen molar-refractivity contribution in [2.45, 2.75) is 25.7 Å². The highest BCUT2D eigenvalue weighted by Gasteiger charge is 2.40. The van der Waals surface area contributed by atoms with Gasteiger partial charge in [0.2, 0.25) is 5.91 Å². The van der Waals surface area contributed by atoms with Gasteiger partial charge in [-0.3, -0.25) is 9.59 Å². The molecule has 1 fully saturated rings. The smallest absolute Gasteiger partial charge is 0.253 e. The summed E-state index contributed by atoms with van der Waals surface area (Å²) in [6, 6.07) is 13.0. The lowest BCUT2D eigenvalue weighted by Gasteiger charge is -2.18. The second-order valence-electron chi connectivity index (χ2n) is 7.13. The Hall–Kier alpha value is -2.40. The molecule has 0 bridgehead atoms. The van der Waals surface area contributed by atoms with E-state index in [2.05, 4.69) is 12.2 Å². The zero-order valence-electron chi connectivity index (χ0n) is 15.8. The van der Waals surface area contributed by atoms with Crippen LogP contribution >= 0.6 is 11.6 Å². The first-order valence-electron chi connectivity index (χ1n) is 9.57. The Balaban J connectivity index is 1.82. The molecule has 3 rings (SSSR count). The number of carbonyl (C=O) groups excluding carboxylic acids is 2. The molecule has 0 saturated carbocycles. The summed E-state index contributed by atoms with van der Waals surface area (Å²) in [4.78, 5) is 27.4. The predicted molar refractivity (Wildman–Crippen MR) is 108 cm³/mol. The summed E-state index contributed by atoms with van der Waals surface area (Å²) < 4.78 is 13.8. The molecule has 1 heterocycles. The van der Waals surface area contributed by atoms with Crippen LogP contribution in [0.1, 0.15) is 41.6 Å². The molecule has 2 amide bonds. The number of amides is 2. The number of carbonyl (C=O) groups is 2. The number of nitrogens with one attached hydrogen (secondary N) is 1. The quantitative estimate of drug-likeness (QED) is 0.734. The van der Waals surface area contributed by atoms with E-state index in [1.165, 1.54) is 12.1 Å². The second-order valence-corrected chi connectivity index (χ2v) is 7.57. The Bertz CT molecular complexity index is 841. The number of nitrogens with zero attached hydrogens (tertiary/aromatic N) is 1. The van der Waals surface area contributed by atoms with Crippen molar-refractivity contribution in [1.82, 2.24) is 10.2 Å². The first-order chi connectivity index (χ1) is 13.5. The number of unbranched alkanes of at least 4 members (excludes halogenated alkanes) is 1. The maximum Gasteiger partial charge on any atom is 0.253 e. The molecule has 1 aliphatic rings. The van der Waals surface area contributed by atoms with Crippen molar-refractivity contribution in [2.24, 2.45) is 5.92 Å². The number of hydrogen-bond acceptors (Lipinski definition) is 2. The molecule has 6 heteroatoms. The summed E-state index contributed by atoms with van der Waals surface area (Å²) in [6.45, 7) is 3.34. The van der Waals surface area contributed by atoms with Crippen LogP contribution in [0.25, 0.3) is 0 Å². The molecular formula is C22H24ClFN2O2. The third-order valence-corrected chi connectivity index (χ3v) is 5.39. The van der Waals surface area contributed by atoms with Gasteiger partial charge in [-0.05, 0) is 48.4 Å². The van der Waals surface area contributed by atoms with Crippen LogP contribution in [0.3, 0.4) is 0 Å². The molecule has 0 unspecified atom stereocenters. The van der Waals surface area contributed by atoms with E-state index in [-0.39, 0.29) is 23.5 Å². The molecule has 0 spiro atoms. The molecule has 2 aromatic rings. The molecule has 28 heavy (non-hydrogen) atoms. The third-order valence-electron chi connectivity index (χ3n) is 5.14. The van der Waals surface area contributed by atoms with Crippen molar-refractivity contribution >= 4 is 23.4 Å². The highest BCUT2D eigenvalue weighted by Crippen LogP contribution is 2.34. The molecule has 2 aromatic carbocycles. The molecule has 1 N–H and O–H groups in total. The van der Waals surface area contributed by atoms with Crippen molar-refractivity contribution in [1.29, 1.82) is 0 Å². The lowest BCUT2D eigenvalue weighted by atomic mass is 9.88. The van der Waals surface area contributed by atoms with Crippen LogP contribution in [-0.2, 0) is 4.79 Å². The molecule has 148 valence electrons. The van der Waals surface area contributed by atoms with E-state index in [4.69, 9.17) is 11.6 Å². The van der Waals surface area contributed by atoms with E-state index in [0.717, 1.165) is 18.4 Å². The maximum absolute atomic E-state index is 13.8. The average Bonchev–Trinajstić information content (AvgIpc) is 3.14. The predicted octanol–water partition coefficient (Wildman–Crippen LogP) is 4.25. The van der Waals surface area contributed by atoms with Crippen LogP contribution < -0.4 is 5.32 Å². The van der Waals surface area contributed by atoms with E-state index in [0.29, 0.717) is 30.2 Å². The Kier molecular flexibility index (Phi) is 6.68. The minimum atomic E-state index is -0.407. The van der Waals surface area contributed by atoms with Crippen LogP contribution in [0, 0.1) is 11.7 Å². The van der Waals surface area contributed by atoms with E-state index in [9.17, 15) is 14.0 Å². The van der Waals surface area contributed by atoms with Crippen LogP contribution in [0.2, 0.25) is 5.02 Å². The average molecular weight is 403 g/mol. The molecule has 0 aliphatic carbocycles. The van der Waals surface area contributed by atoms with Crippen molar-refractivity contribution in [3.63, 3.8) is 0 Å². The molecular weight excluding hydrogens is 379 g/mol. The van der Waals surface area contributed by atoms with Gasteiger partial charge in [-0.1, -0.05) is 37.1 Å². The Morgan fingerprint density at radius 3 is 2.61 bits per heavy atom. The second kappa shape index (κ2) is 9.20. The summed E-state index contributed by atoms with van der Waals surface area (Å²) in [5, 5.41) is 3.52. The van der Waals surface area contributed by atoms with Gasteiger partial charge in [0, 0.05) is 36.1 Å². The number of likely N-dealkylation sites (tertiary alicyclic amines) is 1. The van der Waals surface area contributed by atoms with Gasteiger partial charge in [0.25, 0.3) is 5.91 Å². The molecule has 4 nitrogen and oxygen atoms in total. The standard InChI is InChI=1S/C22H24ClFN2O2/c1-2-3-11-25-21(27)20-14-26(22(28)15-7-9-17(23)10-8-15)13-19(20)16-5-4-6-18(24)12-16/h4-10,12,19-20H,2-3,11,13-14H2,1H3,(H,25,27)/t19-,20-/m1/s1. The van der Waals surface area contributed by atoms with Gasteiger partial charge in [0.1, 0.15) is 5.82 Å². The maximum atomic E-state index is 13.8. The Morgan fingerprint density at radius 2 is 1.93 bits per heavy atom. The fourth-order valence-corrected chi connectivity index (χ4v) is 3.73. The summed E-state index contributed by atoms with van der Waals surface area (Å²) in [5.74, 6) is -1.23. The van der Waals surface area contributed by atoms with Gasteiger partial charge in [0.15, 0.2) is 0 Å². The van der Waals surface area contributed by atoms with Gasteiger partial charge >= 0.3 is 0 Å². The number of hydrogen-bond donors (Lipinski definition) is 1. The monoisotopic (exact) mass is 402 g/mol. The number of rotatable bonds is 6. The minimum Gasteiger partial charge on any atom is -0.356 e. The molecule has 1 aliphatic heterocycles. The first kappa shape index (κ1) is 20.3. The van der Waals surface area contributed by atoms with Gasteiger partial charge in [-0.25, -0.2) is 4.39 Å². The van der Waals surface area contributed by atoms with Crippen LogP contribution in [0.4, 0.5) is 4.39 Å². The Morgan fingerprint density at radius 1 is 1.18 bits per heavy atom. The lowest BCUT2D eigenvalue weighted by molar-refractivity contribution is -0.124. The molecule has 2 atom stereocenters. The third kappa shape index (κ3) is 4.71. The van der Waals surface area contributed by atoms with Crippen molar-refractivity contribution in [2.75, 3.05) is 19.6 Å². The largest absolute Gasteiger partial charge is 0.356 e. The van der Waals surface area contributed by atoms with Crippen molar-refractivity contribution in [3.05, 3.63) is 70.5 Å². The van der Waals surface area contributed by atoms with Gasteiger partial charge in [-0.15, -0.1) is 0 Å². The molecule has 0 aromatic heterocycles. The Labute approximate surface area is 169 Å². The van der Waals surface area contributed by atoms with Gasteiger partial charge < -0.3 is 10.2 Å². The zero-order chi connectivity index (χ0) is 20.1. The summed E-state index contributed by atoms with van der Waals surface area (Å²) in [6.07, 6.45) is 1.88. The molecule has 0 radical (unpaired) electrons. The minimum absolute atomic E-state index is 0.0888. The van der Waals surface area contributed by atoms with Crippen LogP contribution in [-0.4, -0.2) is 36.3 Å². The van der Waals surface area contributed by atoms with Gasteiger partial charge in [-0.2, -0.15) is 0 Å². The SMILES string of the molecule is CCCCNC(=O)[C@@H]1CN(C(=O)c2ccc(Cl)cc2)C[C@@H]1c1cccc(F)c1. The van der Waals surface area contributed by atoms with Crippen molar-refractivity contribution < 1.29 is 14.0 Å². The summed E-state index contributed by atoms with van der Waals surface area (Å²) in [7, 11) is 0. The highest BCUT2D eigenvalue weighted by atomic mass is 35.5. The van der Waals surface area contributed by atoms with E-state index < -0.39 is 5.92 Å². The highest BCUT2D eigenvalue weighted by molar-refractivity contribution is 6.30.